The highest BCUT2D eigenvalue weighted by atomic mass is 16.5. The van der Waals surface area contributed by atoms with Crippen molar-refractivity contribution in [1.29, 1.82) is 0 Å². The maximum atomic E-state index is 11.4. The predicted octanol–water partition coefficient (Wildman–Crippen LogP) is 3.30. The smallest absolute Gasteiger partial charge is 0.305 e. The third kappa shape index (κ3) is 10.3. The Labute approximate surface area is 106 Å². The number of ether oxygens (including phenoxy) is 1. The van der Waals surface area contributed by atoms with E-state index in [0.717, 1.165) is 32.1 Å². The van der Waals surface area contributed by atoms with E-state index in [0.29, 0.717) is 18.9 Å². The lowest BCUT2D eigenvalue weighted by atomic mass is 10.0. The molecular formula is C14H28O3. The summed E-state index contributed by atoms with van der Waals surface area (Å²) in [5, 5.41) is 8.61. The van der Waals surface area contributed by atoms with Gasteiger partial charge in [0.15, 0.2) is 0 Å². The molecule has 0 aromatic rings. The van der Waals surface area contributed by atoms with Gasteiger partial charge in [-0.1, -0.05) is 39.5 Å². The van der Waals surface area contributed by atoms with Crippen LogP contribution in [0.25, 0.3) is 0 Å². The van der Waals surface area contributed by atoms with Gasteiger partial charge in [0, 0.05) is 13.0 Å². The Morgan fingerprint density at radius 3 is 2.53 bits per heavy atom. The van der Waals surface area contributed by atoms with E-state index in [-0.39, 0.29) is 12.6 Å². The molecule has 1 unspecified atom stereocenters. The first kappa shape index (κ1) is 16.4. The number of aliphatic hydroxyl groups is 1. The van der Waals surface area contributed by atoms with Crippen LogP contribution in [-0.2, 0) is 9.53 Å². The molecule has 0 bridgehead atoms. The average Bonchev–Trinajstić information content (AvgIpc) is 2.35. The van der Waals surface area contributed by atoms with Crippen molar-refractivity contribution in [1.82, 2.24) is 0 Å². The van der Waals surface area contributed by atoms with Crippen LogP contribution >= 0.6 is 0 Å². The third-order valence-electron chi connectivity index (χ3n) is 3.06. The highest BCUT2D eigenvalue weighted by Crippen LogP contribution is 2.13. The molecule has 0 fully saturated rings. The lowest BCUT2D eigenvalue weighted by Gasteiger charge is -2.14. The second-order valence-electron chi connectivity index (χ2n) is 4.63. The van der Waals surface area contributed by atoms with Crippen molar-refractivity contribution in [3.63, 3.8) is 0 Å². The van der Waals surface area contributed by atoms with E-state index in [9.17, 15) is 4.79 Å². The summed E-state index contributed by atoms with van der Waals surface area (Å²) in [5.41, 5.74) is 0. The topological polar surface area (TPSA) is 46.5 Å². The molecule has 0 aliphatic carbocycles. The zero-order valence-electron chi connectivity index (χ0n) is 11.4. The molecule has 102 valence electrons. The van der Waals surface area contributed by atoms with E-state index < -0.39 is 0 Å². The first-order valence-corrected chi connectivity index (χ1v) is 7.01. The van der Waals surface area contributed by atoms with Crippen LogP contribution in [0.3, 0.4) is 0 Å². The van der Waals surface area contributed by atoms with Crippen molar-refractivity contribution in [3.8, 4) is 0 Å². The van der Waals surface area contributed by atoms with Gasteiger partial charge in [-0.05, 0) is 25.2 Å². The normalized spacial score (nSPS) is 12.4. The number of unbranched alkanes of at least 4 members (excludes halogenated alkanes) is 3. The monoisotopic (exact) mass is 244 g/mol. The summed E-state index contributed by atoms with van der Waals surface area (Å²) in [6.07, 6.45) is 7.65. The van der Waals surface area contributed by atoms with Crippen LogP contribution in [0.4, 0.5) is 0 Å². The van der Waals surface area contributed by atoms with Gasteiger partial charge in [-0.25, -0.2) is 0 Å². The Morgan fingerprint density at radius 1 is 1.18 bits per heavy atom. The molecule has 3 heteroatoms. The Morgan fingerprint density at radius 2 is 1.94 bits per heavy atom. The van der Waals surface area contributed by atoms with Crippen molar-refractivity contribution in [2.45, 2.75) is 65.2 Å². The Hall–Kier alpha value is -0.570. The predicted molar refractivity (Wildman–Crippen MR) is 69.8 cm³/mol. The SMILES string of the molecule is CCCCC(CC)COC(=O)CCCCCO. The summed E-state index contributed by atoms with van der Waals surface area (Å²) in [6.45, 7) is 5.12. The minimum atomic E-state index is -0.0853. The first-order valence-electron chi connectivity index (χ1n) is 7.01. The van der Waals surface area contributed by atoms with Crippen LogP contribution in [0.1, 0.15) is 65.2 Å². The number of carbonyl (C=O) groups excluding carboxylic acids is 1. The summed E-state index contributed by atoms with van der Waals surface area (Å²) in [7, 11) is 0. The molecule has 1 N–H and O–H groups in total. The maximum Gasteiger partial charge on any atom is 0.305 e. The number of esters is 1. The average molecular weight is 244 g/mol. The summed E-state index contributed by atoms with van der Waals surface area (Å²) in [5.74, 6) is 0.439. The van der Waals surface area contributed by atoms with Gasteiger partial charge >= 0.3 is 5.97 Å². The number of rotatable bonds is 11. The molecule has 0 rings (SSSR count). The van der Waals surface area contributed by atoms with Gasteiger partial charge < -0.3 is 9.84 Å². The van der Waals surface area contributed by atoms with Crippen LogP contribution in [0.15, 0.2) is 0 Å². The number of hydrogen-bond acceptors (Lipinski definition) is 3. The second kappa shape index (κ2) is 11.9. The lowest BCUT2D eigenvalue weighted by Crippen LogP contribution is -2.13. The first-order chi connectivity index (χ1) is 8.24. The van der Waals surface area contributed by atoms with E-state index >= 15 is 0 Å². The summed E-state index contributed by atoms with van der Waals surface area (Å²) in [6, 6.07) is 0. The fraction of sp³-hybridized carbons (Fsp3) is 0.929. The van der Waals surface area contributed by atoms with Gasteiger partial charge in [0.2, 0.25) is 0 Å². The molecule has 3 nitrogen and oxygen atoms in total. The molecule has 0 saturated heterocycles. The zero-order valence-corrected chi connectivity index (χ0v) is 11.4. The molecular weight excluding hydrogens is 216 g/mol. The van der Waals surface area contributed by atoms with Crippen LogP contribution in [0.2, 0.25) is 0 Å². The zero-order chi connectivity index (χ0) is 12.9. The van der Waals surface area contributed by atoms with Gasteiger partial charge in [0.05, 0.1) is 6.61 Å². The standard InChI is InChI=1S/C14H28O3/c1-3-5-9-13(4-2)12-17-14(16)10-7-6-8-11-15/h13,15H,3-12H2,1-2H3. The number of carbonyl (C=O) groups is 1. The molecule has 0 spiro atoms. The minimum Gasteiger partial charge on any atom is -0.465 e. The van der Waals surface area contributed by atoms with Crippen LogP contribution in [-0.4, -0.2) is 24.3 Å². The molecule has 0 aromatic heterocycles. The molecule has 0 aliphatic rings. The van der Waals surface area contributed by atoms with Gasteiger partial charge in [-0.15, -0.1) is 0 Å². The van der Waals surface area contributed by atoms with Crippen LogP contribution < -0.4 is 0 Å². The molecule has 1 atom stereocenters. The molecule has 0 radical (unpaired) electrons. The van der Waals surface area contributed by atoms with Gasteiger partial charge in [0.1, 0.15) is 0 Å². The van der Waals surface area contributed by atoms with Crippen molar-refractivity contribution in [3.05, 3.63) is 0 Å². The summed E-state index contributed by atoms with van der Waals surface area (Å²) >= 11 is 0. The van der Waals surface area contributed by atoms with Crippen molar-refractivity contribution < 1.29 is 14.6 Å². The van der Waals surface area contributed by atoms with E-state index in [1.54, 1.807) is 0 Å². The van der Waals surface area contributed by atoms with Gasteiger partial charge in [0.25, 0.3) is 0 Å². The van der Waals surface area contributed by atoms with Crippen LogP contribution in [0, 0.1) is 5.92 Å². The Balaban J connectivity index is 3.52. The molecule has 0 amide bonds. The number of hydrogen-bond donors (Lipinski definition) is 1. The Kier molecular flexibility index (Phi) is 11.5. The van der Waals surface area contributed by atoms with E-state index in [2.05, 4.69) is 13.8 Å². The van der Waals surface area contributed by atoms with E-state index in [1.807, 2.05) is 0 Å². The Bertz CT molecular complexity index is 180. The summed E-state index contributed by atoms with van der Waals surface area (Å²) in [4.78, 5) is 11.4. The van der Waals surface area contributed by atoms with Gasteiger partial charge in [-0.3, -0.25) is 4.79 Å². The maximum absolute atomic E-state index is 11.4. The lowest BCUT2D eigenvalue weighted by molar-refractivity contribution is -0.145. The fourth-order valence-electron chi connectivity index (χ4n) is 1.74. The summed E-state index contributed by atoms with van der Waals surface area (Å²) < 4.78 is 5.27. The molecule has 0 aromatic carbocycles. The fourth-order valence-corrected chi connectivity index (χ4v) is 1.74. The largest absolute Gasteiger partial charge is 0.465 e. The molecule has 0 heterocycles. The van der Waals surface area contributed by atoms with E-state index in [4.69, 9.17) is 9.84 Å². The second-order valence-corrected chi connectivity index (χ2v) is 4.63. The van der Waals surface area contributed by atoms with Gasteiger partial charge in [-0.2, -0.15) is 0 Å². The van der Waals surface area contributed by atoms with Crippen molar-refractivity contribution in [2.75, 3.05) is 13.2 Å². The molecule has 0 saturated carbocycles. The third-order valence-corrected chi connectivity index (χ3v) is 3.06. The quantitative estimate of drug-likeness (QED) is 0.448. The molecule has 17 heavy (non-hydrogen) atoms. The minimum absolute atomic E-state index is 0.0853. The number of aliphatic hydroxyl groups excluding tert-OH is 1. The highest BCUT2D eigenvalue weighted by molar-refractivity contribution is 5.69. The van der Waals surface area contributed by atoms with Crippen LogP contribution in [0.5, 0.6) is 0 Å². The van der Waals surface area contributed by atoms with Crippen molar-refractivity contribution >= 4 is 5.97 Å². The highest BCUT2D eigenvalue weighted by Gasteiger charge is 2.09. The van der Waals surface area contributed by atoms with Crippen molar-refractivity contribution in [2.24, 2.45) is 5.92 Å². The van der Waals surface area contributed by atoms with E-state index in [1.165, 1.54) is 12.8 Å². The molecule has 0 aliphatic heterocycles.